The van der Waals surface area contributed by atoms with Gasteiger partial charge in [0.25, 0.3) is 0 Å². The molecule has 1 fully saturated rings. The van der Waals surface area contributed by atoms with Crippen molar-refractivity contribution in [2.24, 2.45) is 4.99 Å². The number of nitrogens with one attached hydrogen (secondary N) is 2. The highest BCUT2D eigenvalue weighted by atomic mass is 19.1. The first-order valence-electron chi connectivity index (χ1n) is 9.34. The van der Waals surface area contributed by atoms with Crippen LogP contribution in [0, 0.1) is 11.6 Å². The summed E-state index contributed by atoms with van der Waals surface area (Å²) < 4.78 is 33.2. The molecule has 2 N–H and O–H groups in total. The van der Waals surface area contributed by atoms with Gasteiger partial charge in [0, 0.05) is 31.7 Å². The van der Waals surface area contributed by atoms with Crippen molar-refractivity contribution in [3.8, 4) is 5.88 Å². The van der Waals surface area contributed by atoms with Gasteiger partial charge in [0.15, 0.2) is 5.96 Å². The van der Waals surface area contributed by atoms with E-state index in [1.807, 2.05) is 19.1 Å². The molecular weight excluding hydrogens is 364 g/mol. The Morgan fingerprint density at radius 3 is 2.71 bits per heavy atom. The van der Waals surface area contributed by atoms with Gasteiger partial charge in [-0.15, -0.1) is 0 Å². The fraction of sp³-hybridized carbons (Fsp3) is 0.400. The monoisotopic (exact) mass is 389 g/mol. The van der Waals surface area contributed by atoms with E-state index in [2.05, 4.69) is 20.6 Å². The summed E-state index contributed by atoms with van der Waals surface area (Å²) in [5, 5.41) is 6.55. The number of methoxy groups -OCH3 is 1. The largest absolute Gasteiger partial charge is 0.481 e. The van der Waals surface area contributed by atoms with Crippen LogP contribution in [0.2, 0.25) is 0 Å². The Kier molecular flexibility index (Phi) is 6.62. The van der Waals surface area contributed by atoms with Gasteiger partial charge in [-0.2, -0.15) is 0 Å². The summed E-state index contributed by atoms with van der Waals surface area (Å²) in [6.45, 7) is 4.16. The van der Waals surface area contributed by atoms with Gasteiger partial charge in [-0.1, -0.05) is 12.1 Å². The number of anilines is 1. The van der Waals surface area contributed by atoms with E-state index in [0.717, 1.165) is 12.1 Å². The lowest BCUT2D eigenvalue weighted by molar-refractivity contribution is 0.396. The van der Waals surface area contributed by atoms with Crippen LogP contribution in [0.5, 0.6) is 5.88 Å². The van der Waals surface area contributed by atoms with E-state index in [-0.39, 0.29) is 11.7 Å². The summed E-state index contributed by atoms with van der Waals surface area (Å²) in [5.41, 5.74) is 0.826. The zero-order valence-corrected chi connectivity index (χ0v) is 16.1. The Morgan fingerprint density at radius 2 is 2.00 bits per heavy atom. The summed E-state index contributed by atoms with van der Waals surface area (Å²) in [6.07, 6.45) is 0.760. The molecule has 1 aromatic carbocycles. The Labute approximate surface area is 163 Å². The molecule has 1 aliphatic rings. The smallest absolute Gasteiger partial charge is 0.213 e. The average molecular weight is 389 g/mol. The fourth-order valence-corrected chi connectivity index (χ4v) is 3.21. The maximum absolute atomic E-state index is 14.0. The average Bonchev–Trinajstić information content (AvgIpc) is 3.14. The van der Waals surface area contributed by atoms with Gasteiger partial charge in [-0.3, -0.25) is 0 Å². The molecule has 0 spiro atoms. The predicted octanol–water partition coefficient (Wildman–Crippen LogP) is 2.70. The molecule has 3 rings (SSSR count). The third kappa shape index (κ3) is 4.88. The van der Waals surface area contributed by atoms with Gasteiger partial charge in [0.2, 0.25) is 5.88 Å². The highest BCUT2D eigenvalue weighted by molar-refractivity contribution is 5.80. The second-order valence-electron chi connectivity index (χ2n) is 6.51. The number of aliphatic imine (C=N–C) groups is 1. The van der Waals surface area contributed by atoms with Crippen LogP contribution in [0.1, 0.15) is 19.0 Å². The molecule has 2 heterocycles. The summed E-state index contributed by atoms with van der Waals surface area (Å²) >= 11 is 0. The van der Waals surface area contributed by atoms with Crippen molar-refractivity contribution in [3.05, 3.63) is 53.7 Å². The van der Waals surface area contributed by atoms with Gasteiger partial charge in [-0.25, -0.2) is 18.8 Å². The van der Waals surface area contributed by atoms with Crippen molar-refractivity contribution in [2.75, 3.05) is 31.6 Å². The summed E-state index contributed by atoms with van der Waals surface area (Å²) in [6, 6.07) is 9.52. The van der Waals surface area contributed by atoms with E-state index >= 15 is 0 Å². The highest BCUT2D eigenvalue weighted by Gasteiger charge is 2.27. The van der Waals surface area contributed by atoms with Crippen molar-refractivity contribution in [1.82, 2.24) is 15.6 Å². The molecule has 0 radical (unpaired) electrons. The molecule has 8 heteroatoms. The Bertz CT molecular complexity index is 810. The number of hydrogen-bond acceptors (Lipinski definition) is 4. The van der Waals surface area contributed by atoms with Crippen LogP contribution >= 0.6 is 0 Å². The number of guanidine groups is 1. The van der Waals surface area contributed by atoms with Gasteiger partial charge < -0.3 is 20.3 Å². The Hall–Kier alpha value is -2.90. The normalized spacial score (nSPS) is 16.9. The van der Waals surface area contributed by atoms with Crippen LogP contribution < -0.4 is 20.3 Å². The van der Waals surface area contributed by atoms with Crippen molar-refractivity contribution in [1.29, 1.82) is 0 Å². The topological polar surface area (TPSA) is 61.8 Å². The minimum atomic E-state index is -0.537. The Morgan fingerprint density at radius 1 is 1.25 bits per heavy atom. The molecule has 2 aromatic rings. The zero-order valence-electron chi connectivity index (χ0n) is 16.1. The third-order valence-corrected chi connectivity index (χ3v) is 4.52. The fourth-order valence-electron chi connectivity index (χ4n) is 3.21. The number of para-hydroxylation sites is 1. The number of rotatable bonds is 6. The van der Waals surface area contributed by atoms with Crippen LogP contribution in [0.25, 0.3) is 0 Å². The van der Waals surface area contributed by atoms with Crippen LogP contribution in [-0.4, -0.2) is 43.7 Å². The number of aromatic nitrogens is 1. The first kappa shape index (κ1) is 19.9. The maximum Gasteiger partial charge on any atom is 0.213 e. The second kappa shape index (κ2) is 9.34. The first-order valence-corrected chi connectivity index (χ1v) is 9.34. The van der Waals surface area contributed by atoms with Crippen molar-refractivity contribution < 1.29 is 13.5 Å². The summed E-state index contributed by atoms with van der Waals surface area (Å²) in [4.78, 5) is 10.6. The van der Waals surface area contributed by atoms with E-state index in [4.69, 9.17) is 4.74 Å². The lowest BCUT2D eigenvalue weighted by atomic mass is 10.2. The van der Waals surface area contributed by atoms with E-state index < -0.39 is 11.6 Å². The Balaban J connectivity index is 1.64. The standard InChI is InChI=1S/C20H25F2N5O/c1-3-23-20(24-12-14-6-4-9-18(25-14)28-2)26-15-10-11-27(13-15)19-16(21)7-5-8-17(19)22/h4-9,15H,3,10-13H2,1-2H3,(H2,23,24,26). The zero-order chi connectivity index (χ0) is 19.9. The number of halogens is 2. The maximum atomic E-state index is 14.0. The molecule has 0 bridgehead atoms. The van der Waals surface area contributed by atoms with Gasteiger partial charge in [0.05, 0.1) is 19.3 Å². The minimum absolute atomic E-state index is 0.0364. The second-order valence-corrected chi connectivity index (χ2v) is 6.51. The molecule has 1 unspecified atom stereocenters. The molecule has 1 atom stereocenters. The van der Waals surface area contributed by atoms with Crippen molar-refractivity contribution >= 4 is 11.6 Å². The van der Waals surface area contributed by atoms with E-state index in [0.29, 0.717) is 38.0 Å². The number of benzene rings is 1. The van der Waals surface area contributed by atoms with E-state index in [1.165, 1.54) is 18.2 Å². The molecule has 6 nitrogen and oxygen atoms in total. The lowest BCUT2D eigenvalue weighted by Gasteiger charge is -2.21. The third-order valence-electron chi connectivity index (χ3n) is 4.52. The first-order chi connectivity index (χ1) is 13.6. The highest BCUT2D eigenvalue weighted by Crippen LogP contribution is 2.26. The van der Waals surface area contributed by atoms with E-state index in [1.54, 1.807) is 18.1 Å². The molecule has 1 aliphatic heterocycles. The molecular formula is C20H25F2N5O. The molecule has 0 saturated carbocycles. The van der Waals surface area contributed by atoms with Crippen LogP contribution in [-0.2, 0) is 6.54 Å². The van der Waals surface area contributed by atoms with Crippen LogP contribution in [0.15, 0.2) is 41.4 Å². The molecule has 150 valence electrons. The van der Waals surface area contributed by atoms with Gasteiger partial charge in [-0.05, 0) is 31.5 Å². The molecule has 1 aromatic heterocycles. The van der Waals surface area contributed by atoms with Crippen molar-refractivity contribution in [3.63, 3.8) is 0 Å². The number of ether oxygens (including phenoxy) is 1. The summed E-state index contributed by atoms with van der Waals surface area (Å²) in [7, 11) is 1.57. The van der Waals surface area contributed by atoms with Crippen LogP contribution in [0.4, 0.5) is 14.5 Å². The van der Waals surface area contributed by atoms with Crippen molar-refractivity contribution in [2.45, 2.75) is 25.9 Å². The van der Waals surface area contributed by atoms with Gasteiger partial charge >= 0.3 is 0 Å². The molecule has 0 amide bonds. The van der Waals surface area contributed by atoms with E-state index in [9.17, 15) is 8.78 Å². The molecule has 28 heavy (non-hydrogen) atoms. The SMILES string of the molecule is CCNC(=NCc1cccc(OC)n1)NC1CCN(c2c(F)cccc2F)C1. The van der Waals surface area contributed by atoms with Crippen LogP contribution in [0.3, 0.4) is 0 Å². The minimum Gasteiger partial charge on any atom is -0.481 e. The lowest BCUT2D eigenvalue weighted by Crippen LogP contribution is -2.44. The number of pyridine rings is 1. The molecule has 1 saturated heterocycles. The predicted molar refractivity (Wildman–Crippen MR) is 106 cm³/mol. The molecule has 0 aliphatic carbocycles. The summed E-state index contributed by atoms with van der Waals surface area (Å²) in [5.74, 6) is 0.118. The quantitative estimate of drug-likeness (QED) is 0.588. The number of nitrogens with zero attached hydrogens (tertiary/aromatic N) is 3. The van der Waals surface area contributed by atoms with Gasteiger partial charge in [0.1, 0.15) is 17.3 Å². The number of hydrogen-bond donors (Lipinski definition) is 2.